The molecule has 1 aromatic heterocycles. The lowest BCUT2D eigenvalue weighted by molar-refractivity contribution is 0.0953. The van der Waals surface area contributed by atoms with Gasteiger partial charge in [0.15, 0.2) is 0 Å². The van der Waals surface area contributed by atoms with E-state index in [-0.39, 0.29) is 5.91 Å². The zero-order chi connectivity index (χ0) is 12.8. The summed E-state index contributed by atoms with van der Waals surface area (Å²) in [5.41, 5.74) is 1.53. The molecule has 92 valence electrons. The number of nitrogens with one attached hydrogen (secondary N) is 1. The minimum Gasteiger partial charge on any atom is -0.352 e. The van der Waals surface area contributed by atoms with Gasteiger partial charge in [0.2, 0.25) is 5.95 Å². The van der Waals surface area contributed by atoms with Gasteiger partial charge < -0.3 is 5.32 Å². The Balaban J connectivity index is 1.84. The fraction of sp³-hybridized carbons (Fsp3) is 0.143. The van der Waals surface area contributed by atoms with E-state index in [4.69, 9.17) is 0 Å². The molecule has 0 bridgehead atoms. The molecule has 0 saturated carbocycles. The molecular weight excluding hydrogens is 231 g/mol. The van der Waals surface area contributed by atoms with Crippen LogP contribution in [0.2, 0.25) is 0 Å². The van der Waals surface area contributed by atoms with Crippen LogP contribution in [0.5, 0.6) is 0 Å². The Labute approximate surface area is 105 Å². The van der Waals surface area contributed by atoms with Crippen LogP contribution >= 0.6 is 0 Å². The number of benzene rings is 1. The SMILES string of the molecule is O=C(NCCc1ccccc1)c1ccc(F)nc1. The highest BCUT2D eigenvalue weighted by molar-refractivity contribution is 5.93. The zero-order valence-corrected chi connectivity index (χ0v) is 9.77. The Bertz CT molecular complexity index is 511. The van der Waals surface area contributed by atoms with Gasteiger partial charge in [0.1, 0.15) is 0 Å². The van der Waals surface area contributed by atoms with E-state index >= 15 is 0 Å². The highest BCUT2D eigenvalue weighted by Gasteiger charge is 2.05. The predicted octanol–water partition coefficient (Wildman–Crippen LogP) is 2.19. The first kappa shape index (κ1) is 12.2. The average molecular weight is 244 g/mol. The van der Waals surface area contributed by atoms with Gasteiger partial charge >= 0.3 is 0 Å². The number of rotatable bonds is 4. The summed E-state index contributed by atoms with van der Waals surface area (Å²) < 4.78 is 12.6. The van der Waals surface area contributed by atoms with Crippen molar-refractivity contribution in [2.45, 2.75) is 6.42 Å². The number of pyridine rings is 1. The van der Waals surface area contributed by atoms with E-state index in [2.05, 4.69) is 10.3 Å². The van der Waals surface area contributed by atoms with Crippen molar-refractivity contribution in [3.8, 4) is 0 Å². The average Bonchev–Trinajstić information content (AvgIpc) is 2.40. The van der Waals surface area contributed by atoms with E-state index in [1.807, 2.05) is 30.3 Å². The van der Waals surface area contributed by atoms with E-state index in [1.54, 1.807) is 0 Å². The standard InChI is InChI=1S/C14H13FN2O/c15-13-7-6-12(10-17-13)14(18)16-9-8-11-4-2-1-3-5-11/h1-7,10H,8-9H2,(H,16,18). The molecule has 0 atom stereocenters. The van der Waals surface area contributed by atoms with Crippen LogP contribution in [-0.2, 0) is 6.42 Å². The quantitative estimate of drug-likeness (QED) is 0.838. The van der Waals surface area contributed by atoms with Gasteiger partial charge in [-0.05, 0) is 24.1 Å². The normalized spacial score (nSPS) is 10.1. The van der Waals surface area contributed by atoms with Gasteiger partial charge in [0.05, 0.1) is 5.56 Å². The molecule has 0 spiro atoms. The van der Waals surface area contributed by atoms with Crippen molar-refractivity contribution in [2.24, 2.45) is 0 Å². The van der Waals surface area contributed by atoms with Crippen LogP contribution in [0.1, 0.15) is 15.9 Å². The Morgan fingerprint density at radius 2 is 1.94 bits per heavy atom. The van der Waals surface area contributed by atoms with Crippen molar-refractivity contribution < 1.29 is 9.18 Å². The monoisotopic (exact) mass is 244 g/mol. The molecule has 2 rings (SSSR count). The van der Waals surface area contributed by atoms with Gasteiger partial charge in [0.25, 0.3) is 5.91 Å². The van der Waals surface area contributed by atoms with Gasteiger partial charge in [-0.2, -0.15) is 4.39 Å². The number of nitrogens with zero attached hydrogens (tertiary/aromatic N) is 1. The van der Waals surface area contributed by atoms with Crippen LogP contribution in [0.3, 0.4) is 0 Å². The van der Waals surface area contributed by atoms with E-state index < -0.39 is 5.95 Å². The highest BCUT2D eigenvalue weighted by Crippen LogP contribution is 2.00. The fourth-order valence-electron chi connectivity index (χ4n) is 1.58. The summed E-state index contributed by atoms with van der Waals surface area (Å²) in [5, 5.41) is 2.77. The van der Waals surface area contributed by atoms with Crippen molar-refractivity contribution in [1.82, 2.24) is 10.3 Å². The third-order valence-electron chi connectivity index (χ3n) is 2.53. The molecular formula is C14H13FN2O. The third kappa shape index (κ3) is 3.38. The molecule has 1 heterocycles. The maximum absolute atomic E-state index is 12.6. The number of carbonyl (C=O) groups excluding carboxylic acids is 1. The summed E-state index contributed by atoms with van der Waals surface area (Å²) in [4.78, 5) is 15.1. The molecule has 18 heavy (non-hydrogen) atoms. The van der Waals surface area contributed by atoms with Crippen molar-refractivity contribution in [3.63, 3.8) is 0 Å². The molecule has 4 heteroatoms. The summed E-state index contributed by atoms with van der Waals surface area (Å²) >= 11 is 0. The Kier molecular flexibility index (Phi) is 4.02. The largest absolute Gasteiger partial charge is 0.352 e. The molecule has 0 saturated heterocycles. The van der Waals surface area contributed by atoms with Crippen molar-refractivity contribution in [2.75, 3.05) is 6.54 Å². The molecule has 1 N–H and O–H groups in total. The lowest BCUT2D eigenvalue weighted by Gasteiger charge is -2.05. The maximum Gasteiger partial charge on any atom is 0.252 e. The van der Waals surface area contributed by atoms with E-state index in [1.165, 1.54) is 18.3 Å². The summed E-state index contributed by atoms with van der Waals surface area (Å²) in [7, 11) is 0. The topological polar surface area (TPSA) is 42.0 Å². The second-order valence-corrected chi connectivity index (χ2v) is 3.86. The van der Waals surface area contributed by atoms with E-state index in [0.29, 0.717) is 12.1 Å². The number of hydrogen-bond donors (Lipinski definition) is 1. The zero-order valence-electron chi connectivity index (χ0n) is 9.77. The van der Waals surface area contributed by atoms with Crippen LogP contribution in [0.25, 0.3) is 0 Å². The molecule has 0 aliphatic heterocycles. The molecule has 0 aliphatic carbocycles. The van der Waals surface area contributed by atoms with Gasteiger partial charge in [-0.25, -0.2) is 4.98 Å². The summed E-state index contributed by atoms with van der Waals surface area (Å²) in [5.74, 6) is -0.825. The second kappa shape index (κ2) is 5.91. The van der Waals surface area contributed by atoms with Crippen LogP contribution in [-0.4, -0.2) is 17.4 Å². The molecule has 0 radical (unpaired) electrons. The second-order valence-electron chi connectivity index (χ2n) is 3.86. The van der Waals surface area contributed by atoms with Gasteiger partial charge in [-0.15, -0.1) is 0 Å². The summed E-state index contributed by atoms with van der Waals surface area (Å²) in [6.45, 7) is 0.542. The minimum atomic E-state index is -0.587. The Morgan fingerprint density at radius 3 is 2.61 bits per heavy atom. The number of amides is 1. The predicted molar refractivity (Wildman–Crippen MR) is 66.7 cm³/mol. The number of halogens is 1. The molecule has 1 amide bonds. The number of aromatic nitrogens is 1. The first-order valence-electron chi connectivity index (χ1n) is 5.69. The lowest BCUT2D eigenvalue weighted by atomic mass is 10.1. The number of hydrogen-bond acceptors (Lipinski definition) is 2. The smallest absolute Gasteiger partial charge is 0.252 e. The lowest BCUT2D eigenvalue weighted by Crippen LogP contribution is -2.25. The minimum absolute atomic E-state index is 0.238. The summed E-state index contributed by atoms with van der Waals surface area (Å²) in [6, 6.07) is 12.5. The first-order chi connectivity index (χ1) is 8.75. The molecule has 0 unspecified atom stereocenters. The van der Waals surface area contributed by atoms with Crippen LogP contribution in [0.4, 0.5) is 4.39 Å². The van der Waals surface area contributed by atoms with Gasteiger partial charge in [-0.3, -0.25) is 4.79 Å². The molecule has 1 aromatic carbocycles. The Morgan fingerprint density at radius 1 is 1.17 bits per heavy atom. The van der Waals surface area contributed by atoms with Crippen molar-refractivity contribution in [3.05, 3.63) is 65.7 Å². The highest BCUT2D eigenvalue weighted by atomic mass is 19.1. The van der Waals surface area contributed by atoms with E-state index in [0.717, 1.165) is 12.0 Å². The van der Waals surface area contributed by atoms with Crippen LogP contribution in [0, 0.1) is 5.95 Å². The number of carbonyl (C=O) groups is 1. The summed E-state index contributed by atoms with van der Waals surface area (Å²) in [6.07, 6.45) is 1.99. The molecule has 2 aromatic rings. The van der Waals surface area contributed by atoms with Gasteiger partial charge in [-0.1, -0.05) is 30.3 Å². The first-order valence-corrected chi connectivity index (χ1v) is 5.69. The molecule has 3 nitrogen and oxygen atoms in total. The van der Waals surface area contributed by atoms with Gasteiger partial charge in [0, 0.05) is 12.7 Å². The van der Waals surface area contributed by atoms with Crippen LogP contribution in [0.15, 0.2) is 48.7 Å². The van der Waals surface area contributed by atoms with Crippen molar-refractivity contribution in [1.29, 1.82) is 0 Å². The van der Waals surface area contributed by atoms with Crippen LogP contribution < -0.4 is 5.32 Å². The molecule has 0 fully saturated rings. The van der Waals surface area contributed by atoms with E-state index in [9.17, 15) is 9.18 Å². The van der Waals surface area contributed by atoms with Crippen molar-refractivity contribution >= 4 is 5.91 Å². The maximum atomic E-state index is 12.6. The fourth-order valence-corrected chi connectivity index (χ4v) is 1.58. The Hall–Kier alpha value is -2.23. The molecule has 0 aliphatic rings. The third-order valence-corrected chi connectivity index (χ3v) is 2.53.